The first-order valence-electron chi connectivity index (χ1n) is 8.47. The van der Waals surface area contributed by atoms with Crippen molar-refractivity contribution in [2.75, 3.05) is 31.1 Å². The van der Waals surface area contributed by atoms with E-state index < -0.39 is 0 Å². The lowest BCUT2D eigenvalue weighted by atomic mass is 10.2. The summed E-state index contributed by atoms with van der Waals surface area (Å²) in [7, 11) is 0. The monoisotopic (exact) mass is 358 g/mol. The van der Waals surface area contributed by atoms with E-state index in [9.17, 15) is 9.59 Å². The molecule has 2 aromatic heterocycles. The second-order valence-electron chi connectivity index (χ2n) is 5.86. The number of rotatable bonds is 5. The summed E-state index contributed by atoms with van der Waals surface area (Å²) < 4.78 is 0. The molecule has 132 valence electrons. The Morgan fingerprint density at radius 3 is 2.68 bits per heavy atom. The van der Waals surface area contributed by atoms with Crippen molar-refractivity contribution in [3.63, 3.8) is 0 Å². The van der Waals surface area contributed by atoms with Gasteiger partial charge < -0.3 is 15.1 Å². The van der Waals surface area contributed by atoms with Gasteiger partial charge in [-0.15, -0.1) is 11.3 Å². The third kappa shape index (κ3) is 4.17. The van der Waals surface area contributed by atoms with Crippen LogP contribution in [0.5, 0.6) is 0 Å². The first-order chi connectivity index (χ1) is 12.2. The van der Waals surface area contributed by atoms with Crippen LogP contribution in [0.15, 0.2) is 35.8 Å². The Labute approximate surface area is 151 Å². The van der Waals surface area contributed by atoms with Crippen LogP contribution in [0.3, 0.4) is 0 Å². The smallest absolute Gasteiger partial charge is 0.255 e. The predicted octanol–water partition coefficient (Wildman–Crippen LogP) is 2.13. The van der Waals surface area contributed by atoms with Crippen LogP contribution in [-0.4, -0.2) is 47.9 Å². The number of amides is 2. The average Bonchev–Trinajstić information content (AvgIpc) is 3.19. The van der Waals surface area contributed by atoms with E-state index in [0.717, 1.165) is 4.88 Å². The molecule has 2 amide bonds. The maximum absolute atomic E-state index is 12.6. The molecule has 3 rings (SSSR count). The van der Waals surface area contributed by atoms with Gasteiger partial charge in [0.15, 0.2) is 0 Å². The number of nitrogens with zero attached hydrogens (tertiary/aromatic N) is 3. The highest BCUT2D eigenvalue weighted by atomic mass is 32.1. The largest absolute Gasteiger partial charge is 0.352 e. The van der Waals surface area contributed by atoms with Crippen molar-refractivity contribution in [3.8, 4) is 0 Å². The number of hydrogen-bond donors (Lipinski definition) is 1. The number of thiophene rings is 1. The summed E-state index contributed by atoms with van der Waals surface area (Å²) in [5.74, 6) is 0.743. The standard InChI is InChI=1S/C18H22N4O2S/c1-2-16(23)21-8-10-22(11-9-21)17-15(6-3-7-19-17)18(24)20-13-14-5-4-12-25-14/h3-7,12H,2,8-11,13H2,1H3,(H,20,24). The maximum Gasteiger partial charge on any atom is 0.255 e. The minimum atomic E-state index is -0.122. The second kappa shape index (κ2) is 8.11. The third-order valence-electron chi connectivity index (χ3n) is 4.27. The van der Waals surface area contributed by atoms with Crippen molar-refractivity contribution < 1.29 is 9.59 Å². The molecule has 1 saturated heterocycles. The van der Waals surface area contributed by atoms with Crippen molar-refractivity contribution in [2.24, 2.45) is 0 Å². The zero-order valence-corrected chi connectivity index (χ0v) is 15.1. The van der Waals surface area contributed by atoms with Gasteiger partial charge >= 0.3 is 0 Å². The number of carbonyl (C=O) groups excluding carboxylic acids is 2. The fourth-order valence-corrected chi connectivity index (χ4v) is 3.54. The number of hydrogen-bond acceptors (Lipinski definition) is 5. The molecule has 0 saturated carbocycles. The molecule has 1 N–H and O–H groups in total. The molecule has 2 aromatic rings. The molecule has 6 nitrogen and oxygen atoms in total. The summed E-state index contributed by atoms with van der Waals surface area (Å²) in [5.41, 5.74) is 0.578. The van der Waals surface area contributed by atoms with Gasteiger partial charge in [-0.3, -0.25) is 9.59 Å². The van der Waals surface area contributed by atoms with E-state index >= 15 is 0 Å². The number of nitrogens with one attached hydrogen (secondary N) is 1. The first kappa shape index (κ1) is 17.4. The fourth-order valence-electron chi connectivity index (χ4n) is 2.89. The van der Waals surface area contributed by atoms with Gasteiger partial charge in [0, 0.05) is 43.7 Å². The van der Waals surface area contributed by atoms with Gasteiger partial charge in [0.25, 0.3) is 5.91 Å². The highest BCUT2D eigenvalue weighted by Gasteiger charge is 2.24. The van der Waals surface area contributed by atoms with E-state index in [1.54, 1.807) is 29.7 Å². The van der Waals surface area contributed by atoms with Crippen molar-refractivity contribution >= 4 is 29.0 Å². The van der Waals surface area contributed by atoms with Gasteiger partial charge in [0.05, 0.1) is 12.1 Å². The summed E-state index contributed by atoms with van der Waals surface area (Å²) in [6, 6.07) is 7.55. The van der Waals surface area contributed by atoms with Crippen molar-refractivity contribution in [1.82, 2.24) is 15.2 Å². The zero-order valence-electron chi connectivity index (χ0n) is 14.3. The Bertz CT molecular complexity index is 724. The molecule has 1 fully saturated rings. The molecule has 0 spiro atoms. The minimum Gasteiger partial charge on any atom is -0.352 e. The molecule has 3 heterocycles. The quantitative estimate of drug-likeness (QED) is 0.889. The van der Waals surface area contributed by atoms with Crippen LogP contribution in [-0.2, 0) is 11.3 Å². The van der Waals surface area contributed by atoms with E-state index in [1.807, 2.05) is 29.3 Å². The number of aromatic nitrogens is 1. The van der Waals surface area contributed by atoms with Crippen LogP contribution >= 0.6 is 11.3 Å². The van der Waals surface area contributed by atoms with Crippen molar-refractivity contribution in [2.45, 2.75) is 19.9 Å². The summed E-state index contributed by atoms with van der Waals surface area (Å²) >= 11 is 1.62. The number of piperazine rings is 1. The predicted molar refractivity (Wildman–Crippen MR) is 98.8 cm³/mol. The highest BCUT2D eigenvalue weighted by molar-refractivity contribution is 7.09. The molecule has 0 bridgehead atoms. The zero-order chi connectivity index (χ0) is 17.6. The molecule has 1 aliphatic heterocycles. The number of anilines is 1. The van der Waals surface area contributed by atoms with Gasteiger partial charge in [0.1, 0.15) is 5.82 Å². The molecular weight excluding hydrogens is 336 g/mol. The van der Waals surface area contributed by atoms with E-state index in [-0.39, 0.29) is 11.8 Å². The highest BCUT2D eigenvalue weighted by Crippen LogP contribution is 2.19. The van der Waals surface area contributed by atoms with Crippen molar-refractivity contribution in [1.29, 1.82) is 0 Å². The Morgan fingerprint density at radius 2 is 2.00 bits per heavy atom. The molecular formula is C18H22N4O2S. The lowest BCUT2D eigenvalue weighted by Gasteiger charge is -2.36. The van der Waals surface area contributed by atoms with Crippen LogP contribution in [0.4, 0.5) is 5.82 Å². The topological polar surface area (TPSA) is 65.5 Å². The average molecular weight is 358 g/mol. The van der Waals surface area contributed by atoms with E-state index in [4.69, 9.17) is 0 Å². The minimum absolute atomic E-state index is 0.122. The van der Waals surface area contributed by atoms with Crippen LogP contribution < -0.4 is 10.2 Å². The number of carbonyl (C=O) groups is 2. The first-order valence-corrected chi connectivity index (χ1v) is 9.35. The Balaban J connectivity index is 1.66. The Morgan fingerprint density at radius 1 is 1.20 bits per heavy atom. The Hall–Kier alpha value is -2.41. The van der Waals surface area contributed by atoms with E-state index in [2.05, 4.69) is 15.2 Å². The fraction of sp³-hybridized carbons (Fsp3) is 0.389. The Kier molecular flexibility index (Phi) is 5.65. The second-order valence-corrected chi connectivity index (χ2v) is 6.89. The lowest BCUT2D eigenvalue weighted by Crippen LogP contribution is -2.49. The van der Waals surface area contributed by atoms with Crippen LogP contribution in [0.2, 0.25) is 0 Å². The molecule has 0 radical (unpaired) electrons. The van der Waals surface area contributed by atoms with Crippen LogP contribution in [0, 0.1) is 0 Å². The van der Waals surface area contributed by atoms with Gasteiger partial charge in [0.2, 0.25) is 5.91 Å². The van der Waals surface area contributed by atoms with Gasteiger partial charge in [-0.2, -0.15) is 0 Å². The summed E-state index contributed by atoms with van der Waals surface area (Å²) in [6.45, 7) is 5.11. The molecule has 0 aliphatic carbocycles. The number of pyridine rings is 1. The third-order valence-corrected chi connectivity index (χ3v) is 5.15. The van der Waals surface area contributed by atoms with E-state index in [0.29, 0.717) is 50.5 Å². The van der Waals surface area contributed by atoms with Crippen LogP contribution in [0.1, 0.15) is 28.6 Å². The molecule has 25 heavy (non-hydrogen) atoms. The summed E-state index contributed by atoms with van der Waals surface area (Å²) in [6.07, 6.45) is 2.23. The molecule has 1 aliphatic rings. The summed E-state index contributed by atoms with van der Waals surface area (Å²) in [5, 5.41) is 4.95. The van der Waals surface area contributed by atoms with E-state index in [1.165, 1.54) is 0 Å². The van der Waals surface area contributed by atoms with Crippen molar-refractivity contribution in [3.05, 3.63) is 46.3 Å². The summed E-state index contributed by atoms with van der Waals surface area (Å²) in [4.78, 5) is 33.9. The lowest BCUT2D eigenvalue weighted by molar-refractivity contribution is -0.131. The normalized spacial score (nSPS) is 14.4. The van der Waals surface area contributed by atoms with Gasteiger partial charge in [-0.1, -0.05) is 13.0 Å². The molecule has 7 heteroatoms. The maximum atomic E-state index is 12.6. The van der Waals surface area contributed by atoms with Gasteiger partial charge in [-0.25, -0.2) is 4.98 Å². The van der Waals surface area contributed by atoms with Crippen LogP contribution in [0.25, 0.3) is 0 Å². The molecule has 0 unspecified atom stereocenters. The SMILES string of the molecule is CCC(=O)N1CCN(c2ncccc2C(=O)NCc2cccs2)CC1. The van der Waals surface area contributed by atoms with Gasteiger partial charge in [-0.05, 0) is 23.6 Å². The molecule has 0 aromatic carbocycles. The molecule has 0 atom stereocenters.